The number of rotatable bonds is 6. The van der Waals surface area contributed by atoms with Crippen LogP contribution < -0.4 is 5.32 Å². The second-order valence-corrected chi connectivity index (χ2v) is 5.80. The molecule has 1 unspecified atom stereocenters. The van der Waals surface area contributed by atoms with Crippen molar-refractivity contribution in [2.24, 2.45) is 5.92 Å². The van der Waals surface area contributed by atoms with Gasteiger partial charge in [0.2, 0.25) is 0 Å². The Hall–Kier alpha value is -1.46. The largest absolute Gasteiger partial charge is 0.312 e. The van der Waals surface area contributed by atoms with E-state index in [-0.39, 0.29) is 10.6 Å². The van der Waals surface area contributed by atoms with Crippen LogP contribution in [0.1, 0.15) is 25.8 Å². The zero-order valence-corrected chi connectivity index (χ0v) is 12.2. The van der Waals surface area contributed by atoms with Crippen LogP contribution in [0.5, 0.6) is 0 Å². The molecule has 1 aromatic rings. The summed E-state index contributed by atoms with van der Waals surface area (Å²) in [7, 11) is 0. The molecule has 110 valence electrons. The molecule has 0 aromatic heterocycles. The molecule has 0 aliphatic carbocycles. The normalized spacial score (nSPS) is 19.6. The molecule has 20 heavy (non-hydrogen) atoms. The van der Waals surface area contributed by atoms with E-state index in [0.717, 1.165) is 24.6 Å². The summed E-state index contributed by atoms with van der Waals surface area (Å²) in [5.41, 5.74) is 1.24. The Balaban J connectivity index is 1.72. The molecule has 0 spiro atoms. The first kappa shape index (κ1) is 14.9. The molecule has 1 heterocycles. The third-order valence-electron chi connectivity index (χ3n) is 3.96. The number of nitro benzene ring substituents is 1. The Kier molecular flexibility index (Phi) is 5.09. The summed E-state index contributed by atoms with van der Waals surface area (Å²) in [6.45, 7) is 8.64. The van der Waals surface area contributed by atoms with Gasteiger partial charge in [0.05, 0.1) is 4.92 Å². The molecule has 1 N–H and O–H groups in total. The maximum atomic E-state index is 10.6. The number of hydrogen-bond donors (Lipinski definition) is 1. The van der Waals surface area contributed by atoms with Crippen LogP contribution in [-0.4, -0.2) is 35.5 Å². The number of nitrogens with zero attached hydrogens (tertiary/aromatic N) is 2. The van der Waals surface area contributed by atoms with E-state index in [1.807, 2.05) is 12.1 Å². The lowest BCUT2D eigenvalue weighted by molar-refractivity contribution is -0.384. The molecular formula is C15H23N3O2. The minimum atomic E-state index is -0.365. The minimum Gasteiger partial charge on any atom is -0.312 e. The van der Waals surface area contributed by atoms with E-state index in [1.54, 1.807) is 12.1 Å². The van der Waals surface area contributed by atoms with Gasteiger partial charge in [0.1, 0.15) is 0 Å². The van der Waals surface area contributed by atoms with Gasteiger partial charge in [0.15, 0.2) is 0 Å². The Labute approximate surface area is 120 Å². The van der Waals surface area contributed by atoms with E-state index >= 15 is 0 Å². The van der Waals surface area contributed by atoms with Crippen molar-refractivity contribution in [3.8, 4) is 0 Å². The van der Waals surface area contributed by atoms with Crippen LogP contribution in [0.4, 0.5) is 5.69 Å². The average Bonchev–Trinajstić information content (AvgIpc) is 2.88. The second-order valence-electron chi connectivity index (χ2n) is 5.80. The summed E-state index contributed by atoms with van der Waals surface area (Å²) >= 11 is 0. The Morgan fingerprint density at radius 1 is 1.40 bits per heavy atom. The third-order valence-corrected chi connectivity index (χ3v) is 3.96. The minimum absolute atomic E-state index is 0.150. The molecule has 0 saturated carbocycles. The van der Waals surface area contributed by atoms with Gasteiger partial charge in [-0.1, -0.05) is 12.1 Å². The van der Waals surface area contributed by atoms with Gasteiger partial charge in [0, 0.05) is 31.3 Å². The Bertz CT molecular complexity index is 445. The highest BCUT2D eigenvalue weighted by molar-refractivity contribution is 5.32. The summed E-state index contributed by atoms with van der Waals surface area (Å²) in [5, 5.41) is 14.0. The standard InChI is InChI=1S/C15H23N3O2/c1-12(2)17-8-7-14(11-17)10-16-9-13-3-5-15(6-4-13)18(19)20/h3-6,12,14,16H,7-11H2,1-2H3. The quantitative estimate of drug-likeness (QED) is 0.641. The zero-order chi connectivity index (χ0) is 14.5. The molecule has 1 aliphatic heterocycles. The van der Waals surface area contributed by atoms with Crippen LogP contribution in [0.2, 0.25) is 0 Å². The van der Waals surface area contributed by atoms with Crippen molar-refractivity contribution < 1.29 is 4.92 Å². The summed E-state index contributed by atoms with van der Waals surface area (Å²) < 4.78 is 0. The van der Waals surface area contributed by atoms with E-state index in [4.69, 9.17) is 0 Å². The highest BCUT2D eigenvalue weighted by Gasteiger charge is 2.23. The first-order chi connectivity index (χ1) is 9.56. The maximum Gasteiger partial charge on any atom is 0.269 e. The van der Waals surface area contributed by atoms with Crippen LogP contribution in [0.3, 0.4) is 0 Å². The fraction of sp³-hybridized carbons (Fsp3) is 0.600. The van der Waals surface area contributed by atoms with Crippen LogP contribution in [0.15, 0.2) is 24.3 Å². The van der Waals surface area contributed by atoms with Gasteiger partial charge >= 0.3 is 0 Å². The van der Waals surface area contributed by atoms with Crippen molar-refractivity contribution in [3.63, 3.8) is 0 Å². The first-order valence-electron chi connectivity index (χ1n) is 7.24. The fourth-order valence-corrected chi connectivity index (χ4v) is 2.65. The SMILES string of the molecule is CC(C)N1CCC(CNCc2ccc([N+](=O)[O-])cc2)C1. The molecule has 2 rings (SSSR count). The predicted molar refractivity (Wildman–Crippen MR) is 79.6 cm³/mol. The van der Waals surface area contributed by atoms with E-state index < -0.39 is 0 Å². The van der Waals surface area contributed by atoms with Crippen molar-refractivity contribution in [2.45, 2.75) is 32.9 Å². The molecule has 1 saturated heterocycles. The molecular weight excluding hydrogens is 254 g/mol. The van der Waals surface area contributed by atoms with Crippen LogP contribution in [-0.2, 0) is 6.54 Å². The zero-order valence-electron chi connectivity index (χ0n) is 12.2. The van der Waals surface area contributed by atoms with Crippen molar-refractivity contribution >= 4 is 5.69 Å². The molecule has 0 bridgehead atoms. The first-order valence-corrected chi connectivity index (χ1v) is 7.24. The average molecular weight is 277 g/mol. The van der Waals surface area contributed by atoms with Crippen LogP contribution in [0, 0.1) is 16.0 Å². The van der Waals surface area contributed by atoms with E-state index in [1.165, 1.54) is 19.5 Å². The molecule has 1 atom stereocenters. The molecule has 1 aromatic carbocycles. The van der Waals surface area contributed by atoms with Crippen molar-refractivity contribution in [1.29, 1.82) is 0 Å². The number of nitrogens with one attached hydrogen (secondary N) is 1. The molecule has 5 heteroatoms. The number of benzene rings is 1. The molecule has 1 aliphatic rings. The van der Waals surface area contributed by atoms with Gasteiger partial charge in [0.25, 0.3) is 5.69 Å². The number of nitro groups is 1. The van der Waals surface area contributed by atoms with Gasteiger partial charge in [-0.3, -0.25) is 10.1 Å². The fourth-order valence-electron chi connectivity index (χ4n) is 2.65. The lowest BCUT2D eigenvalue weighted by Gasteiger charge is -2.20. The lowest BCUT2D eigenvalue weighted by atomic mass is 10.1. The van der Waals surface area contributed by atoms with Gasteiger partial charge in [-0.2, -0.15) is 0 Å². The van der Waals surface area contributed by atoms with Crippen molar-refractivity contribution in [2.75, 3.05) is 19.6 Å². The van der Waals surface area contributed by atoms with Crippen molar-refractivity contribution in [1.82, 2.24) is 10.2 Å². The predicted octanol–water partition coefficient (Wildman–Crippen LogP) is 2.41. The summed E-state index contributed by atoms with van der Waals surface area (Å²) in [4.78, 5) is 12.7. The molecule has 0 radical (unpaired) electrons. The third kappa shape index (κ3) is 4.02. The number of likely N-dealkylation sites (tertiary alicyclic amines) is 1. The van der Waals surface area contributed by atoms with Gasteiger partial charge in [-0.05, 0) is 44.8 Å². The summed E-state index contributed by atoms with van der Waals surface area (Å²) in [5.74, 6) is 0.718. The van der Waals surface area contributed by atoms with E-state index in [2.05, 4.69) is 24.1 Å². The monoisotopic (exact) mass is 277 g/mol. The maximum absolute atomic E-state index is 10.6. The van der Waals surface area contributed by atoms with Crippen LogP contribution in [0.25, 0.3) is 0 Å². The molecule has 5 nitrogen and oxygen atoms in total. The number of hydrogen-bond acceptors (Lipinski definition) is 4. The summed E-state index contributed by atoms with van der Waals surface area (Å²) in [6, 6.07) is 7.40. The lowest BCUT2D eigenvalue weighted by Crippen LogP contribution is -2.30. The second kappa shape index (κ2) is 6.81. The highest BCUT2D eigenvalue weighted by atomic mass is 16.6. The van der Waals surface area contributed by atoms with Gasteiger partial charge in [-0.15, -0.1) is 0 Å². The summed E-state index contributed by atoms with van der Waals surface area (Å²) in [6.07, 6.45) is 1.26. The van der Waals surface area contributed by atoms with E-state index in [9.17, 15) is 10.1 Å². The Morgan fingerprint density at radius 2 is 2.10 bits per heavy atom. The van der Waals surface area contributed by atoms with Gasteiger partial charge < -0.3 is 10.2 Å². The van der Waals surface area contributed by atoms with Crippen molar-refractivity contribution in [3.05, 3.63) is 39.9 Å². The van der Waals surface area contributed by atoms with Crippen LogP contribution >= 0.6 is 0 Å². The molecule has 1 fully saturated rings. The molecule has 0 amide bonds. The van der Waals surface area contributed by atoms with Gasteiger partial charge in [-0.25, -0.2) is 0 Å². The smallest absolute Gasteiger partial charge is 0.269 e. The topological polar surface area (TPSA) is 58.4 Å². The Morgan fingerprint density at radius 3 is 2.65 bits per heavy atom. The highest BCUT2D eigenvalue weighted by Crippen LogP contribution is 2.18. The van der Waals surface area contributed by atoms with E-state index in [0.29, 0.717) is 6.04 Å². The number of non-ortho nitro benzene ring substituents is 1.